The van der Waals surface area contributed by atoms with Crippen LogP contribution in [0, 0.1) is 5.41 Å². The molecular formula is C11H12N4S. The molecular weight excluding hydrogens is 220 g/mol. The van der Waals surface area contributed by atoms with Crippen molar-refractivity contribution in [2.24, 2.45) is 0 Å². The van der Waals surface area contributed by atoms with Crippen LogP contribution in [-0.4, -0.2) is 22.2 Å². The van der Waals surface area contributed by atoms with Gasteiger partial charge in [-0.15, -0.1) is 0 Å². The number of anilines is 1. The van der Waals surface area contributed by atoms with Crippen LogP contribution >= 0.6 is 11.5 Å². The Bertz CT molecular complexity index is 492. The Labute approximate surface area is 98.2 Å². The van der Waals surface area contributed by atoms with Crippen molar-refractivity contribution in [1.82, 2.24) is 9.36 Å². The van der Waals surface area contributed by atoms with E-state index in [2.05, 4.69) is 9.36 Å². The number of rotatable bonds is 2. The lowest BCUT2D eigenvalue weighted by molar-refractivity contribution is 1.17. The summed E-state index contributed by atoms with van der Waals surface area (Å²) in [6.07, 6.45) is 0. The molecule has 0 spiro atoms. The van der Waals surface area contributed by atoms with Crippen molar-refractivity contribution in [2.45, 2.75) is 6.92 Å². The van der Waals surface area contributed by atoms with Gasteiger partial charge in [0, 0.05) is 24.1 Å². The summed E-state index contributed by atoms with van der Waals surface area (Å²) in [5, 5.41) is 8.26. The molecule has 0 fully saturated rings. The molecule has 2 aromatic rings. The molecule has 82 valence electrons. The zero-order valence-electron chi connectivity index (χ0n) is 9.14. The molecule has 1 heterocycles. The van der Waals surface area contributed by atoms with Gasteiger partial charge in [0.2, 0.25) is 5.13 Å². The van der Waals surface area contributed by atoms with Crippen LogP contribution in [0.3, 0.4) is 0 Å². The molecule has 1 aromatic carbocycles. The van der Waals surface area contributed by atoms with E-state index in [-0.39, 0.29) is 0 Å². The number of nitrogens with one attached hydrogen (secondary N) is 1. The lowest BCUT2D eigenvalue weighted by atomic mass is 10.2. The smallest absolute Gasteiger partial charge is 0.210 e. The van der Waals surface area contributed by atoms with Crippen molar-refractivity contribution in [1.29, 1.82) is 5.41 Å². The molecule has 1 N–H and O–H groups in total. The zero-order chi connectivity index (χ0) is 11.5. The van der Waals surface area contributed by atoms with E-state index in [9.17, 15) is 0 Å². The Balaban J connectivity index is 2.30. The summed E-state index contributed by atoms with van der Waals surface area (Å²) in [6.45, 7) is 1.73. The Hall–Kier alpha value is -1.75. The van der Waals surface area contributed by atoms with Crippen molar-refractivity contribution in [3.63, 3.8) is 0 Å². The van der Waals surface area contributed by atoms with Gasteiger partial charge < -0.3 is 4.90 Å². The van der Waals surface area contributed by atoms with Crippen LogP contribution in [0.4, 0.5) is 5.13 Å². The third kappa shape index (κ3) is 2.09. The summed E-state index contributed by atoms with van der Waals surface area (Å²) >= 11 is 1.30. The van der Waals surface area contributed by atoms with Gasteiger partial charge in [-0.3, -0.25) is 5.41 Å². The van der Waals surface area contributed by atoms with Gasteiger partial charge in [-0.05, 0) is 6.92 Å². The van der Waals surface area contributed by atoms with Crippen LogP contribution < -0.4 is 4.90 Å². The van der Waals surface area contributed by atoms with Crippen molar-refractivity contribution < 1.29 is 0 Å². The lowest BCUT2D eigenvalue weighted by Gasteiger charge is -2.11. The van der Waals surface area contributed by atoms with E-state index in [0.717, 1.165) is 10.7 Å². The van der Waals surface area contributed by atoms with E-state index in [4.69, 9.17) is 5.41 Å². The molecule has 0 atom stereocenters. The number of hydrogen-bond donors (Lipinski definition) is 1. The summed E-state index contributed by atoms with van der Waals surface area (Å²) in [5.41, 5.74) is 1.00. The Morgan fingerprint density at radius 1 is 1.31 bits per heavy atom. The monoisotopic (exact) mass is 232 g/mol. The van der Waals surface area contributed by atoms with Gasteiger partial charge in [-0.25, -0.2) is 0 Å². The van der Waals surface area contributed by atoms with Crippen LogP contribution in [0.25, 0.3) is 11.4 Å². The molecule has 0 aliphatic rings. The first-order valence-corrected chi connectivity index (χ1v) is 5.64. The second-order valence-electron chi connectivity index (χ2n) is 3.41. The highest BCUT2D eigenvalue weighted by Crippen LogP contribution is 2.22. The Morgan fingerprint density at radius 3 is 2.62 bits per heavy atom. The maximum atomic E-state index is 7.52. The van der Waals surface area contributed by atoms with Crippen molar-refractivity contribution in [2.75, 3.05) is 11.9 Å². The number of aromatic nitrogens is 2. The summed E-state index contributed by atoms with van der Waals surface area (Å²) < 4.78 is 4.28. The van der Waals surface area contributed by atoms with E-state index < -0.39 is 0 Å². The van der Waals surface area contributed by atoms with E-state index in [1.54, 1.807) is 11.8 Å². The molecule has 2 rings (SSSR count). The molecule has 1 aromatic heterocycles. The zero-order valence-corrected chi connectivity index (χ0v) is 9.95. The molecule has 0 amide bonds. The molecule has 0 saturated carbocycles. The van der Waals surface area contributed by atoms with Crippen LogP contribution in [0.15, 0.2) is 30.3 Å². The predicted octanol–water partition coefficient (Wildman–Crippen LogP) is 2.64. The van der Waals surface area contributed by atoms with Gasteiger partial charge in [0.15, 0.2) is 5.82 Å². The van der Waals surface area contributed by atoms with E-state index >= 15 is 0 Å². The van der Waals surface area contributed by atoms with Gasteiger partial charge in [0.05, 0.1) is 5.84 Å². The number of benzene rings is 1. The van der Waals surface area contributed by atoms with Crippen LogP contribution in [0.1, 0.15) is 6.92 Å². The average Bonchev–Trinajstić information content (AvgIpc) is 2.78. The second kappa shape index (κ2) is 4.40. The third-order valence-electron chi connectivity index (χ3n) is 2.24. The minimum absolute atomic E-state index is 0.454. The number of hydrogen-bond acceptors (Lipinski definition) is 4. The largest absolute Gasteiger partial charge is 0.308 e. The molecule has 0 radical (unpaired) electrons. The minimum Gasteiger partial charge on any atom is -0.308 e. The maximum Gasteiger partial charge on any atom is 0.210 e. The number of amidine groups is 1. The first-order valence-electron chi connectivity index (χ1n) is 4.86. The van der Waals surface area contributed by atoms with Crippen molar-refractivity contribution in [3.8, 4) is 11.4 Å². The maximum absolute atomic E-state index is 7.52. The van der Waals surface area contributed by atoms with Crippen molar-refractivity contribution in [3.05, 3.63) is 30.3 Å². The fraction of sp³-hybridized carbons (Fsp3) is 0.182. The van der Waals surface area contributed by atoms with Crippen LogP contribution in [0.5, 0.6) is 0 Å². The number of nitrogens with zero attached hydrogens (tertiary/aromatic N) is 3. The second-order valence-corrected chi connectivity index (χ2v) is 4.14. The molecule has 0 unspecified atom stereocenters. The summed E-state index contributed by atoms with van der Waals surface area (Å²) in [4.78, 5) is 6.11. The normalized spacial score (nSPS) is 10.1. The molecule has 5 heteroatoms. The fourth-order valence-corrected chi connectivity index (χ4v) is 1.90. The van der Waals surface area contributed by atoms with Crippen LogP contribution in [-0.2, 0) is 0 Å². The van der Waals surface area contributed by atoms with Gasteiger partial charge in [-0.1, -0.05) is 30.3 Å². The first kappa shape index (κ1) is 10.8. The summed E-state index contributed by atoms with van der Waals surface area (Å²) in [5.74, 6) is 1.17. The van der Waals surface area contributed by atoms with Crippen molar-refractivity contribution >= 4 is 22.5 Å². The lowest BCUT2D eigenvalue weighted by Crippen LogP contribution is -2.21. The Morgan fingerprint density at radius 2 is 2.00 bits per heavy atom. The highest BCUT2D eigenvalue weighted by molar-refractivity contribution is 7.10. The minimum atomic E-state index is 0.454. The first-order chi connectivity index (χ1) is 7.68. The van der Waals surface area contributed by atoms with Crippen LogP contribution in [0.2, 0.25) is 0 Å². The molecule has 0 saturated heterocycles. The quantitative estimate of drug-likeness (QED) is 0.639. The fourth-order valence-electron chi connectivity index (χ4n) is 1.20. The predicted molar refractivity (Wildman–Crippen MR) is 67.1 cm³/mol. The topological polar surface area (TPSA) is 52.9 Å². The van der Waals surface area contributed by atoms with Gasteiger partial charge in [-0.2, -0.15) is 9.36 Å². The van der Waals surface area contributed by atoms with Gasteiger partial charge in [0.1, 0.15) is 0 Å². The van der Waals surface area contributed by atoms with E-state index in [0.29, 0.717) is 11.7 Å². The SMILES string of the molecule is CC(=N)N(C)c1nc(-c2ccccc2)ns1. The van der Waals surface area contributed by atoms with E-state index in [1.807, 2.05) is 37.4 Å². The van der Waals surface area contributed by atoms with Gasteiger partial charge >= 0.3 is 0 Å². The van der Waals surface area contributed by atoms with Gasteiger partial charge in [0.25, 0.3) is 0 Å². The highest BCUT2D eigenvalue weighted by Gasteiger charge is 2.10. The summed E-state index contributed by atoms with van der Waals surface area (Å²) in [7, 11) is 1.82. The summed E-state index contributed by atoms with van der Waals surface area (Å²) in [6, 6.07) is 9.83. The Kier molecular flexibility index (Phi) is 2.96. The molecule has 0 aliphatic carbocycles. The standard InChI is InChI=1S/C11H12N4S/c1-8(12)15(2)11-13-10(14-16-11)9-6-4-3-5-7-9/h3-7,12H,1-2H3. The molecule has 0 aliphatic heterocycles. The molecule has 0 bridgehead atoms. The molecule has 16 heavy (non-hydrogen) atoms. The highest BCUT2D eigenvalue weighted by atomic mass is 32.1. The van der Waals surface area contributed by atoms with E-state index in [1.165, 1.54) is 11.5 Å². The third-order valence-corrected chi connectivity index (χ3v) is 3.03. The average molecular weight is 232 g/mol. The molecule has 4 nitrogen and oxygen atoms in total.